The highest BCUT2D eigenvalue weighted by atomic mass is 16.2. The van der Waals surface area contributed by atoms with E-state index in [4.69, 9.17) is 28.0 Å². The van der Waals surface area contributed by atoms with Crippen LogP contribution in [0.15, 0.2) is 12.5 Å². The number of unbranched alkanes of at least 4 members (excludes halogenated alkanes) is 12. The van der Waals surface area contributed by atoms with Gasteiger partial charge in [-0.1, -0.05) is 97.8 Å². The Labute approximate surface area is 402 Å². The molecule has 7 amide bonds. The third-order valence-corrected chi connectivity index (χ3v) is 11.3. The summed E-state index contributed by atoms with van der Waals surface area (Å²) in [6.07, 6.45) is 18.9. The Hall–Kier alpha value is -5.96. The van der Waals surface area contributed by atoms with E-state index in [1.54, 1.807) is 6.20 Å². The number of likely N-dealkylation sites (N-methyl/N-ethyl adjacent to an activating group) is 1. The van der Waals surface area contributed by atoms with E-state index in [0.717, 1.165) is 19.3 Å². The van der Waals surface area contributed by atoms with Crippen molar-refractivity contribution in [2.45, 2.75) is 192 Å². The summed E-state index contributed by atoms with van der Waals surface area (Å²) in [5.41, 5.74) is 16.7. The number of aromatic nitrogens is 2. The lowest BCUT2D eigenvalue weighted by atomic mass is 10.0. The van der Waals surface area contributed by atoms with E-state index in [-0.39, 0.29) is 94.6 Å². The normalized spacial score (nSPS) is 13.2. The second-order valence-corrected chi connectivity index (χ2v) is 17.8. The number of nitrogens with zero attached hydrogens (tertiary/aromatic N) is 1. The molecule has 1 aromatic rings. The summed E-state index contributed by atoms with van der Waals surface area (Å²) < 4.78 is 0. The van der Waals surface area contributed by atoms with Crippen molar-refractivity contribution < 1.29 is 33.6 Å². The fraction of sp³-hybridized carbons (Fsp3) is 0.739. The van der Waals surface area contributed by atoms with Crippen LogP contribution in [0.1, 0.15) is 161 Å². The van der Waals surface area contributed by atoms with Gasteiger partial charge in [-0.15, -0.1) is 0 Å². The summed E-state index contributed by atoms with van der Waals surface area (Å²) in [5.74, 6) is -5.10. The molecule has 0 bridgehead atoms. The SMILES string of the molecule is CCCCCCCCCCCCCCCC(=O)N[C@@H](Cc1c[nH]cn1)C(=O)N[C@@H](CCCNC(=N)N)C(=O)N[C@@H](CC(C)C)C(=O)N[C@@H](CCCNC(=N)N)C(=O)N[C@@H](CCC(N)=O)C(=O)NC. The molecule has 1 heterocycles. The summed E-state index contributed by atoms with van der Waals surface area (Å²) in [7, 11) is 1.37. The molecule has 22 heteroatoms. The summed E-state index contributed by atoms with van der Waals surface area (Å²) in [5, 5.41) is 36.4. The van der Waals surface area contributed by atoms with Crippen LogP contribution in [-0.4, -0.2) is 114 Å². The minimum absolute atomic E-state index is 0.0286. The van der Waals surface area contributed by atoms with E-state index < -0.39 is 65.7 Å². The molecule has 0 unspecified atom stereocenters. The van der Waals surface area contributed by atoms with Crippen LogP contribution in [0.4, 0.5) is 0 Å². The Bertz CT molecular complexity index is 1680. The Morgan fingerprint density at radius 3 is 1.44 bits per heavy atom. The average molecular weight is 960 g/mol. The van der Waals surface area contributed by atoms with E-state index in [1.807, 2.05) is 13.8 Å². The number of rotatable bonds is 39. The van der Waals surface area contributed by atoms with Gasteiger partial charge in [0.1, 0.15) is 30.2 Å². The van der Waals surface area contributed by atoms with Gasteiger partial charge in [0.25, 0.3) is 0 Å². The fourth-order valence-electron chi connectivity index (χ4n) is 7.51. The van der Waals surface area contributed by atoms with E-state index in [0.29, 0.717) is 12.1 Å². The van der Waals surface area contributed by atoms with Crippen molar-refractivity contribution in [3.63, 3.8) is 0 Å². The second kappa shape index (κ2) is 36.1. The molecular formula is C46H85N15O7. The number of hydrogen-bond donors (Lipinski definition) is 14. The van der Waals surface area contributed by atoms with Gasteiger partial charge < -0.3 is 64.7 Å². The maximum atomic E-state index is 14.2. The van der Waals surface area contributed by atoms with Gasteiger partial charge in [0.15, 0.2) is 11.9 Å². The zero-order chi connectivity index (χ0) is 50.7. The third kappa shape index (κ3) is 28.9. The number of H-pyrrole nitrogens is 1. The summed E-state index contributed by atoms with van der Waals surface area (Å²) in [4.78, 5) is 100. The van der Waals surface area contributed by atoms with Crippen LogP contribution in [0.5, 0.6) is 0 Å². The molecule has 1 rings (SSSR count). The minimum atomic E-state index is -1.23. The van der Waals surface area contributed by atoms with Gasteiger partial charge in [0.05, 0.1) is 12.0 Å². The van der Waals surface area contributed by atoms with Gasteiger partial charge in [-0.25, -0.2) is 4.98 Å². The molecule has 0 saturated carbocycles. The number of carbonyl (C=O) groups excluding carboxylic acids is 7. The van der Waals surface area contributed by atoms with Crippen molar-refractivity contribution >= 4 is 53.3 Å². The zero-order valence-electron chi connectivity index (χ0n) is 41.1. The zero-order valence-corrected chi connectivity index (χ0v) is 41.1. The quantitative estimate of drug-likeness (QED) is 0.0253. The summed E-state index contributed by atoms with van der Waals surface area (Å²) in [6, 6.07) is -5.89. The molecule has 22 nitrogen and oxygen atoms in total. The first-order chi connectivity index (χ1) is 32.5. The van der Waals surface area contributed by atoms with Crippen LogP contribution in [0.3, 0.4) is 0 Å². The Morgan fingerprint density at radius 2 is 1.01 bits per heavy atom. The van der Waals surface area contributed by atoms with Gasteiger partial charge in [-0.05, 0) is 50.9 Å². The maximum Gasteiger partial charge on any atom is 0.243 e. The summed E-state index contributed by atoms with van der Waals surface area (Å²) in [6.45, 7) is 6.28. The number of hydrogen-bond acceptors (Lipinski definition) is 10. The standard InChI is InChI=1S/C46H85N15O7/c1-5-6-7-8-9-10-11-12-13-14-15-16-17-22-39(63)57-37(28-32-29-53-30-56-32)44(68)59-34(21-19-26-55-46(50)51)42(66)61-36(27-31(2)3)43(67)58-33(20-18-25-54-45(48)49)41(65)60-35(40(64)52-4)23-24-38(47)62/h29-31,33-37H,5-28H2,1-4H3,(H2,47,62)(H,52,64)(H,53,56)(H,57,63)(H,58,67)(H,59,68)(H,60,65)(H,61,66)(H4,48,49,54)(H4,50,51,55)/t33-,34-,35-,36-,37-/m0/s1. The molecule has 386 valence electrons. The Kier molecular flexibility index (Phi) is 31.9. The predicted octanol–water partition coefficient (Wildman–Crippen LogP) is 1.44. The number of carbonyl (C=O) groups is 7. The van der Waals surface area contributed by atoms with Crippen molar-refractivity contribution in [3.05, 3.63) is 18.2 Å². The molecular weight excluding hydrogens is 875 g/mol. The van der Waals surface area contributed by atoms with Gasteiger partial charge >= 0.3 is 0 Å². The summed E-state index contributed by atoms with van der Waals surface area (Å²) >= 11 is 0. The minimum Gasteiger partial charge on any atom is -0.370 e. The number of nitrogens with two attached hydrogens (primary N) is 3. The highest BCUT2D eigenvalue weighted by molar-refractivity contribution is 5.96. The van der Waals surface area contributed by atoms with Crippen LogP contribution < -0.4 is 59.7 Å². The van der Waals surface area contributed by atoms with E-state index in [2.05, 4.69) is 59.4 Å². The van der Waals surface area contributed by atoms with Crippen molar-refractivity contribution in [3.8, 4) is 0 Å². The number of primary amides is 1. The van der Waals surface area contributed by atoms with E-state index in [1.165, 1.54) is 71.2 Å². The molecule has 0 spiro atoms. The van der Waals surface area contributed by atoms with Crippen molar-refractivity contribution in [1.29, 1.82) is 10.8 Å². The highest BCUT2D eigenvalue weighted by Gasteiger charge is 2.33. The second-order valence-electron chi connectivity index (χ2n) is 17.8. The number of imidazole rings is 1. The molecule has 0 aromatic carbocycles. The largest absolute Gasteiger partial charge is 0.370 e. The third-order valence-electron chi connectivity index (χ3n) is 11.3. The van der Waals surface area contributed by atoms with E-state index >= 15 is 0 Å². The first-order valence-electron chi connectivity index (χ1n) is 24.6. The van der Waals surface area contributed by atoms with Crippen molar-refractivity contribution in [2.24, 2.45) is 23.1 Å². The topological polar surface area (TPSA) is 370 Å². The highest BCUT2D eigenvalue weighted by Crippen LogP contribution is 2.14. The number of aromatic amines is 1. The van der Waals surface area contributed by atoms with Crippen molar-refractivity contribution in [2.75, 3.05) is 20.1 Å². The lowest BCUT2D eigenvalue weighted by Gasteiger charge is -2.28. The molecule has 0 radical (unpaired) electrons. The van der Waals surface area contributed by atoms with Crippen molar-refractivity contribution in [1.82, 2.24) is 52.5 Å². The first-order valence-corrected chi connectivity index (χ1v) is 24.6. The lowest BCUT2D eigenvalue weighted by molar-refractivity contribution is -0.135. The molecule has 68 heavy (non-hydrogen) atoms. The van der Waals surface area contributed by atoms with Gasteiger partial charge in [0, 0.05) is 45.6 Å². The smallest absolute Gasteiger partial charge is 0.243 e. The maximum absolute atomic E-state index is 14.2. The molecule has 0 fully saturated rings. The Morgan fingerprint density at radius 1 is 0.574 bits per heavy atom. The molecule has 0 aliphatic carbocycles. The van der Waals surface area contributed by atoms with Crippen LogP contribution in [-0.2, 0) is 40.0 Å². The number of guanidine groups is 2. The molecule has 1 aromatic heterocycles. The fourth-order valence-corrected chi connectivity index (χ4v) is 7.51. The van der Waals surface area contributed by atoms with E-state index in [9.17, 15) is 33.6 Å². The van der Waals surface area contributed by atoms with Crippen LogP contribution in [0.2, 0.25) is 0 Å². The molecule has 0 saturated heterocycles. The average Bonchev–Trinajstić information content (AvgIpc) is 3.80. The van der Waals surface area contributed by atoms with Gasteiger partial charge in [0.2, 0.25) is 41.4 Å². The van der Waals surface area contributed by atoms with Crippen LogP contribution in [0.25, 0.3) is 0 Å². The van der Waals surface area contributed by atoms with Gasteiger partial charge in [-0.3, -0.25) is 44.4 Å². The van der Waals surface area contributed by atoms with Crippen LogP contribution >= 0.6 is 0 Å². The number of amides is 7. The number of nitrogens with one attached hydrogen (secondary N) is 11. The predicted molar refractivity (Wildman–Crippen MR) is 263 cm³/mol. The first kappa shape index (κ1) is 60.1. The monoisotopic (exact) mass is 960 g/mol. The lowest BCUT2D eigenvalue weighted by Crippen LogP contribution is -2.59. The van der Waals surface area contributed by atoms with Gasteiger partial charge in [-0.2, -0.15) is 0 Å². The molecule has 0 aliphatic heterocycles. The molecule has 17 N–H and O–H groups in total. The molecule has 5 atom stereocenters. The van der Waals surface area contributed by atoms with Crippen LogP contribution in [0, 0.1) is 16.7 Å². The Balaban J connectivity index is 3.18. The molecule has 0 aliphatic rings.